The molecule has 0 spiro atoms. The van der Waals surface area contributed by atoms with Gasteiger partial charge < -0.3 is 10.0 Å². The van der Waals surface area contributed by atoms with Gasteiger partial charge in [-0.2, -0.15) is 9.61 Å². The molecule has 0 aliphatic carbocycles. The third-order valence-corrected chi connectivity index (χ3v) is 4.98. The van der Waals surface area contributed by atoms with Gasteiger partial charge in [-0.25, -0.2) is 0 Å². The third-order valence-electron chi connectivity index (χ3n) is 4.98. The molecule has 3 aromatic heterocycles. The van der Waals surface area contributed by atoms with Gasteiger partial charge in [0.25, 0.3) is 0 Å². The minimum atomic E-state index is -0.866. The Kier molecular flexibility index (Phi) is 3.88. The average Bonchev–Trinajstić information content (AvgIpc) is 3.10. The minimum Gasteiger partial charge on any atom is -0.383 e. The Hall–Kier alpha value is -2.54. The van der Waals surface area contributed by atoms with Gasteiger partial charge in [0, 0.05) is 19.3 Å². The van der Waals surface area contributed by atoms with Crippen LogP contribution in [0.25, 0.3) is 5.65 Å². The molecule has 3 aromatic rings. The molecule has 1 aliphatic heterocycles. The van der Waals surface area contributed by atoms with Gasteiger partial charge in [0.1, 0.15) is 11.9 Å². The average molecular weight is 338 g/mol. The van der Waals surface area contributed by atoms with Gasteiger partial charge in [-0.15, -0.1) is 10.2 Å². The van der Waals surface area contributed by atoms with Crippen molar-refractivity contribution in [3.05, 3.63) is 47.7 Å². The third kappa shape index (κ3) is 2.84. The summed E-state index contributed by atoms with van der Waals surface area (Å²) in [4.78, 5) is 6.69. The van der Waals surface area contributed by atoms with Crippen LogP contribution >= 0.6 is 0 Å². The van der Waals surface area contributed by atoms with Crippen LogP contribution in [0.3, 0.4) is 0 Å². The summed E-state index contributed by atoms with van der Waals surface area (Å²) in [5.41, 5.74) is 3.79. The molecular weight excluding hydrogens is 316 g/mol. The molecule has 0 amide bonds. The van der Waals surface area contributed by atoms with Crippen molar-refractivity contribution in [2.24, 2.45) is 0 Å². The first-order chi connectivity index (χ1) is 12.1. The van der Waals surface area contributed by atoms with Crippen molar-refractivity contribution in [1.29, 1.82) is 0 Å². The molecule has 7 nitrogen and oxygen atoms in total. The van der Waals surface area contributed by atoms with E-state index in [-0.39, 0.29) is 0 Å². The van der Waals surface area contributed by atoms with Gasteiger partial charge in [0.05, 0.1) is 17.1 Å². The summed E-state index contributed by atoms with van der Waals surface area (Å²) in [6.45, 7) is 5.56. The summed E-state index contributed by atoms with van der Waals surface area (Å²) in [6, 6.07) is 6.02. The highest BCUT2D eigenvalue weighted by Gasteiger charge is 2.36. The Balaban J connectivity index is 1.60. The maximum absolute atomic E-state index is 11.0. The first-order valence-corrected chi connectivity index (χ1v) is 8.69. The number of piperidine rings is 1. The molecule has 0 radical (unpaired) electrons. The molecule has 7 heteroatoms. The van der Waals surface area contributed by atoms with Crippen LogP contribution in [0.15, 0.2) is 30.7 Å². The highest BCUT2D eigenvalue weighted by Crippen LogP contribution is 2.34. The number of rotatable bonds is 3. The molecule has 0 bridgehead atoms. The monoisotopic (exact) mass is 338 g/mol. The fraction of sp³-hybridized carbons (Fsp3) is 0.444. The molecular formula is C18H22N6O. The molecule has 1 aliphatic rings. The second-order valence-corrected chi connectivity index (χ2v) is 6.71. The van der Waals surface area contributed by atoms with E-state index in [0.717, 1.165) is 47.8 Å². The van der Waals surface area contributed by atoms with Crippen LogP contribution in [0.1, 0.15) is 36.7 Å². The molecule has 1 saturated heterocycles. The predicted octanol–water partition coefficient (Wildman–Crippen LogP) is 1.88. The summed E-state index contributed by atoms with van der Waals surface area (Å²) < 4.78 is 1.73. The van der Waals surface area contributed by atoms with Gasteiger partial charge in [-0.1, -0.05) is 13.0 Å². The molecule has 25 heavy (non-hydrogen) atoms. The van der Waals surface area contributed by atoms with Gasteiger partial charge in [0.2, 0.25) is 5.65 Å². The fourth-order valence-electron chi connectivity index (χ4n) is 3.38. The first-order valence-electron chi connectivity index (χ1n) is 8.69. The van der Waals surface area contributed by atoms with Crippen molar-refractivity contribution in [2.45, 2.75) is 38.7 Å². The zero-order chi connectivity index (χ0) is 17.4. The van der Waals surface area contributed by atoms with Crippen LogP contribution in [0, 0.1) is 6.92 Å². The lowest BCUT2D eigenvalue weighted by molar-refractivity contribution is 0.00762. The molecule has 0 atom stereocenters. The zero-order valence-electron chi connectivity index (χ0n) is 14.6. The van der Waals surface area contributed by atoms with Crippen molar-refractivity contribution >= 4 is 11.3 Å². The highest BCUT2D eigenvalue weighted by molar-refractivity contribution is 5.68. The molecule has 130 valence electrons. The van der Waals surface area contributed by atoms with Gasteiger partial charge in [-0.05, 0) is 43.9 Å². The second kappa shape index (κ2) is 6.07. The van der Waals surface area contributed by atoms with Crippen molar-refractivity contribution in [3.63, 3.8) is 0 Å². The Morgan fingerprint density at radius 1 is 1.24 bits per heavy atom. The predicted molar refractivity (Wildman–Crippen MR) is 94.5 cm³/mol. The number of aryl methyl sites for hydroxylation is 2. The smallest absolute Gasteiger partial charge is 0.200 e. The number of fused-ring (bicyclic) bond motifs is 1. The van der Waals surface area contributed by atoms with Crippen LogP contribution in [-0.2, 0) is 12.0 Å². The molecule has 1 fully saturated rings. The van der Waals surface area contributed by atoms with Crippen molar-refractivity contribution in [3.8, 4) is 0 Å². The standard InChI is InChI=1S/C18H22N6O/c1-3-14-10-15(17-21-20-12-24(17)22-14)23-8-6-18(25,7-9-23)16-5-4-13(2)11-19-16/h4-5,10-12,25H,3,6-9H2,1-2H3. The molecule has 1 N–H and O–H groups in total. The van der Waals surface area contributed by atoms with Crippen LogP contribution in [-0.4, -0.2) is 43.0 Å². The maximum atomic E-state index is 11.0. The lowest BCUT2D eigenvalue weighted by atomic mass is 9.87. The maximum Gasteiger partial charge on any atom is 0.200 e. The molecule has 4 heterocycles. The van der Waals surface area contributed by atoms with Crippen LogP contribution in [0.2, 0.25) is 0 Å². The largest absolute Gasteiger partial charge is 0.383 e. The normalized spacial score (nSPS) is 17.2. The van der Waals surface area contributed by atoms with Crippen LogP contribution < -0.4 is 4.90 Å². The Morgan fingerprint density at radius 2 is 2.04 bits per heavy atom. The molecule has 4 rings (SSSR count). The molecule has 0 saturated carbocycles. The number of hydrogen-bond acceptors (Lipinski definition) is 6. The summed E-state index contributed by atoms with van der Waals surface area (Å²) in [5.74, 6) is 0. The summed E-state index contributed by atoms with van der Waals surface area (Å²) in [6.07, 6.45) is 5.57. The number of pyridine rings is 1. The van der Waals surface area contributed by atoms with E-state index in [1.807, 2.05) is 25.3 Å². The second-order valence-electron chi connectivity index (χ2n) is 6.71. The van der Waals surface area contributed by atoms with E-state index in [1.54, 1.807) is 10.8 Å². The van der Waals surface area contributed by atoms with Crippen molar-refractivity contribution < 1.29 is 5.11 Å². The van der Waals surface area contributed by atoms with E-state index in [2.05, 4.69) is 38.2 Å². The van der Waals surface area contributed by atoms with Crippen molar-refractivity contribution in [1.82, 2.24) is 24.8 Å². The van der Waals surface area contributed by atoms with E-state index in [1.165, 1.54) is 0 Å². The Bertz CT molecular complexity index is 880. The van der Waals surface area contributed by atoms with E-state index in [4.69, 9.17) is 0 Å². The van der Waals surface area contributed by atoms with E-state index < -0.39 is 5.60 Å². The highest BCUT2D eigenvalue weighted by atomic mass is 16.3. The van der Waals surface area contributed by atoms with Gasteiger partial charge in [0.15, 0.2) is 0 Å². The lowest BCUT2D eigenvalue weighted by Crippen LogP contribution is -2.43. The van der Waals surface area contributed by atoms with E-state index >= 15 is 0 Å². The summed E-state index contributed by atoms with van der Waals surface area (Å²) in [5, 5.41) is 23.7. The number of anilines is 1. The van der Waals surface area contributed by atoms with E-state index in [9.17, 15) is 5.11 Å². The van der Waals surface area contributed by atoms with Crippen LogP contribution in [0.4, 0.5) is 5.69 Å². The number of aromatic nitrogens is 5. The molecule has 0 aromatic carbocycles. The summed E-state index contributed by atoms with van der Waals surface area (Å²) in [7, 11) is 0. The first kappa shape index (κ1) is 16.0. The number of hydrogen-bond donors (Lipinski definition) is 1. The Labute approximate surface area is 146 Å². The fourth-order valence-corrected chi connectivity index (χ4v) is 3.38. The molecule has 0 unspecified atom stereocenters. The zero-order valence-corrected chi connectivity index (χ0v) is 14.6. The topological polar surface area (TPSA) is 79.4 Å². The van der Waals surface area contributed by atoms with Gasteiger partial charge >= 0.3 is 0 Å². The number of nitrogens with zero attached hydrogens (tertiary/aromatic N) is 6. The quantitative estimate of drug-likeness (QED) is 0.785. The van der Waals surface area contributed by atoms with Gasteiger partial charge in [-0.3, -0.25) is 4.98 Å². The Morgan fingerprint density at radius 3 is 2.72 bits per heavy atom. The minimum absolute atomic E-state index is 0.632. The van der Waals surface area contributed by atoms with E-state index in [0.29, 0.717) is 12.8 Å². The van der Waals surface area contributed by atoms with Crippen LogP contribution in [0.5, 0.6) is 0 Å². The number of aliphatic hydroxyl groups is 1. The lowest BCUT2D eigenvalue weighted by Gasteiger charge is -2.39. The summed E-state index contributed by atoms with van der Waals surface area (Å²) >= 11 is 0. The van der Waals surface area contributed by atoms with Crippen molar-refractivity contribution in [2.75, 3.05) is 18.0 Å². The SMILES string of the molecule is CCc1cc(N2CCC(O)(c3ccc(C)cn3)CC2)c2nncn2n1.